The second-order valence-corrected chi connectivity index (χ2v) is 18.6. The fourth-order valence-electron chi connectivity index (χ4n) is 14.0. The minimum atomic E-state index is -0.875. The lowest BCUT2D eigenvalue weighted by atomic mass is 9.32. The average Bonchev–Trinajstić information content (AvgIpc) is 3.46. The molecule has 7 rings (SSSR count). The molecule has 1 heterocycles. The highest BCUT2D eigenvalue weighted by molar-refractivity contribution is 5.88. The van der Waals surface area contributed by atoms with Gasteiger partial charge in [-0.15, -0.1) is 0 Å². The zero-order chi connectivity index (χ0) is 35.1. The predicted molar refractivity (Wildman–Crippen MR) is 196 cm³/mol. The summed E-state index contributed by atoms with van der Waals surface area (Å²) in [5, 5.41) is 19.0. The number of carboxylic acid groups (broad SMARTS) is 1. The molecule has 6 heteroatoms. The van der Waals surface area contributed by atoms with Crippen LogP contribution in [0.1, 0.15) is 115 Å². The van der Waals surface area contributed by atoms with Gasteiger partial charge < -0.3 is 15.1 Å². The van der Waals surface area contributed by atoms with Crippen LogP contribution in [0.5, 0.6) is 0 Å². The molecule has 268 valence electrons. The van der Waals surface area contributed by atoms with Crippen molar-refractivity contribution in [2.75, 3.05) is 39.3 Å². The van der Waals surface area contributed by atoms with Crippen LogP contribution in [0, 0.1) is 56.7 Å². The molecular weight excluding hydrogens is 608 g/mol. The summed E-state index contributed by atoms with van der Waals surface area (Å²) >= 11 is 0. The first-order chi connectivity index (χ1) is 23.1. The maximum Gasteiger partial charge on any atom is 0.335 e. The van der Waals surface area contributed by atoms with Gasteiger partial charge in [0.25, 0.3) is 0 Å². The van der Waals surface area contributed by atoms with Gasteiger partial charge in [0.15, 0.2) is 0 Å². The molecule has 6 aliphatic rings. The molecule has 1 aromatic carbocycles. The standard InChI is InChI=1S/C43H62N2O4/c1-28(2)31-14-19-43(38(49)45-24-22-44(23-25-45)26-27-46)21-20-41(6)33(36(31)43)12-13-35-40(5)17-15-32(29-8-10-30(11-9-29)37(47)48)39(3,4)34(40)16-18-42(35,41)7/h8-11,15,31,33-36,46H,1,12-14,16-27H2,2-7H3,(H,47,48). The molecule has 49 heavy (non-hydrogen) atoms. The fourth-order valence-corrected chi connectivity index (χ4v) is 14.0. The fraction of sp³-hybridized carbons (Fsp3) is 0.721. The molecule has 4 saturated carbocycles. The summed E-state index contributed by atoms with van der Waals surface area (Å²) in [6.45, 7) is 23.8. The molecule has 0 spiro atoms. The van der Waals surface area contributed by atoms with Crippen LogP contribution in [0.25, 0.3) is 5.57 Å². The third kappa shape index (κ3) is 4.99. The number of amides is 1. The first kappa shape index (κ1) is 35.0. The Bertz CT molecular complexity index is 1520. The van der Waals surface area contributed by atoms with Crippen molar-refractivity contribution in [3.05, 3.63) is 53.6 Å². The lowest BCUT2D eigenvalue weighted by molar-refractivity contribution is -0.226. The number of hydrogen-bond donors (Lipinski definition) is 2. The molecule has 2 N–H and O–H groups in total. The van der Waals surface area contributed by atoms with Crippen molar-refractivity contribution in [1.82, 2.24) is 9.80 Å². The highest BCUT2D eigenvalue weighted by atomic mass is 16.4. The number of benzene rings is 1. The van der Waals surface area contributed by atoms with E-state index in [0.717, 1.165) is 63.8 Å². The normalized spacial score (nSPS) is 41.5. The van der Waals surface area contributed by atoms with Crippen LogP contribution in [-0.2, 0) is 4.79 Å². The molecule has 1 saturated heterocycles. The Morgan fingerprint density at radius 1 is 0.857 bits per heavy atom. The summed E-state index contributed by atoms with van der Waals surface area (Å²) in [5.41, 5.74) is 4.46. The van der Waals surface area contributed by atoms with Crippen molar-refractivity contribution in [3.63, 3.8) is 0 Å². The molecule has 1 aliphatic heterocycles. The van der Waals surface area contributed by atoms with E-state index >= 15 is 0 Å². The number of aliphatic hydroxyl groups excluding tert-OH is 1. The average molecular weight is 671 g/mol. The second-order valence-electron chi connectivity index (χ2n) is 18.6. The number of carbonyl (C=O) groups excluding carboxylic acids is 1. The number of allylic oxidation sites excluding steroid dienone is 3. The molecule has 9 unspecified atom stereocenters. The first-order valence-electron chi connectivity index (χ1n) is 19.5. The third-order valence-corrected chi connectivity index (χ3v) is 16.6. The molecule has 6 nitrogen and oxygen atoms in total. The monoisotopic (exact) mass is 670 g/mol. The Hall–Kier alpha value is -2.44. The molecule has 0 aromatic heterocycles. The first-order valence-corrected chi connectivity index (χ1v) is 19.5. The van der Waals surface area contributed by atoms with E-state index in [1.165, 1.54) is 36.8 Å². The van der Waals surface area contributed by atoms with Crippen molar-refractivity contribution in [3.8, 4) is 0 Å². The summed E-state index contributed by atoms with van der Waals surface area (Å²) in [5.74, 6) is 2.06. The van der Waals surface area contributed by atoms with E-state index in [1.807, 2.05) is 12.1 Å². The smallest absolute Gasteiger partial charge is 0.335 e. The number of nitrogens with zero attached hydrogens (tertiary/aromatic N) is 2. The van der Waals surface area contributed by atoms with E-state index in [1.54, 1.807) is 12.1 Å². The predicted octanol–water partition coefficient (Wildman–Crippen LogP) is 8.17. The van der Waals surface area contributed by atoms with E-state index in [9.17, 15) is 19.8 Å². The summed E-state index contributed by atoms with van der Waals surface area (Å²) < 4.78 is 0. The van der Waals surface area contributed by atoms with E-state index < -0.39 is 5.97 Å². The summed E-state index contributed by atoms with van der Waals surface area (Å²) in [6, 6.07) is 7.55. The van der Waals surface area contributed by atoms with Crippen molar-refractivity contribution in [1.29, 1.82) is 0 Å². The number of fused-ring (bicyclic) bond motifs is 7. The van der Waals surface area contributed by atoms with E-state index in [2.05, 4.69) is 64.0 Å². The van der Waals surface area contributed by atoms with Crippen LogP contribution in [0.15, 0.2) is 42.5 Å². The van der Waals surface area contributed by atoms with Crippen LogP contribution in [0.2, 0.25) is 0 Å². The number of rotatable bonds is 6. The highest BCUT2D eigenvalue weighted by Crippen LogP contribution is 2.78. The Balaban J connectivity index is 1.20. The number of aliphatic hydroxyl groups is 1. The van der Waals surface area contributed by atoms with Gasteiger partial charge in [0.2, 0.25) is 5.91 Å². The van der Waals surface area contributed by atoms with Gasteiger partial charge in [0.1, 0.15) is 0 Å². The van der Waals surface area contributed by atoms with Crippen molar-refractivity contribution >= 4 is 17.4 Å². The van der Waals surface area contributed by atoms with E-state index in [-0.39, 0.29) is 33.7 Å². The number of carboxylic acids is 1. The number of hydrogen-bond acceptors (Lipinski definition) is 4. The maximum atomic E-state index is 14.8. The molecule has 0 bridgehead atoms. The van der Waals surface area contributed by atoms with Gasteiger partial charge in [-0.25, -0.2) is 4.79 Å². The minimum absolute atomic E-state index is 0.0112. The topological polar surface area (TPSA) is 81.1 Å². The quantitative estimate of drug-likeness (QED) is 0.299. The van der Waals surface area contributed by atoms with Crippen LogP contribution in [0.3, 0.4) is 0 Å². The molecule has 9 atom stereocenters. The molecular formula is C43H62N2O4. The van der Waals surface area contributed by atoms with Gasteiger partial charge >= 0.3 is 5.97 Å². The number of piperazine rings is 1. The van der Waals surface area contributed by atoms with Gasteiger partial charge in [0.05, 0.1) is 17.6 Å². The maximum absolute atomic E-state index is 14.8. The minimum Gasteiger partial charge on any atom is -0.478 e. The van der Waals surface area contributed by atoms with Crippen molar-refractivity contribution in [2.24, 2.45) is 56.7 Å². The van der Waals surface area contributed by atoms with Gasteiger partial charge in [-0.1, -0.05) is 65.0 Å². The Morgan fingerprint density at radius 2 is 1.55 bits per heavy atom. The number of aromatic carboxylic acids is 1. The summed E-state index contributed by atoms with van der Waals surface area (Å²) in [4.78, 5) is 30.9. The molecule has 5 fully saturated rings. The SMILES string of the molecule is C=C(C)C1CCC2(C(=O)N3CCN(CCO)CC3)CCC3(C)C(CCC4C5(C)CC=C(c6ccc(C(=O)O)cc6)C(C)(C)C5CCC43C)C12. The zero-order valence-electron chi connectivity index (χ0n) is 31.2. The van der Waals surface area contributed by atoms with Gasteiger partial charge in [-0.3, -0.25) is 9.69 Å². The Morgan fingerprint density at radius 3 is 2.18 bits per heavy atom. The van der Waals surface area contributed by atoms with Crippen LogP contribution >= 0.6 is 0 Å². The molecule has 0 radical (unpaired) electrons. The summed E-state index contributed by atoms with van der Waals surface area (Å²) in [7, 11) is 0. The van der Waals surface area contributed by atoms with Crippen molar-refractivity contribution in [2.45, 2.75) is 99.3 Å². The lowest BCUT2D eigenvalue weighted by Gasteiger charge is -2.72. The largest absolute Gasteiger partial charge is 0.478 e. The number of β-amino-alcohol motifs (C(OH)–C–C–N with tert-alkyl or cyclic N) is 1. The summed E-state index contributed by atoms with van der Waals surface area (Å²) in [6.07, 6.45) is 12.7. The van der Waals surface area contributed by atoms with Crippen LogP contribution in [-0.4, -0.2) is 71.2 Å². The van der Waals surface area contributed by atoms with E-state index in [4.69, 9.17) is 0 Å². The molecule has 5 aliphatic carbocycles. The molecule has 1 amide bonds. The zero-order valence-corrected chi connectivity index (χ0v) is 31.2. The highest BCUT2D eigenvalue weighted by Gasteiger charge is 2.71. The van der Waals surface area contributed by atoms with Crippen LogP contribution in [0.4, 0.5) is 0 Å². The van der Waals surface area contributed by atoms with Crippen LogP contribution < -0.4 is 0 Å². The van der Waals surface area contributed by atoms with Crippen molar-refractivity contribution < 1.29 is 19.8 Å². The van der Waals surface area contributed by atoms with Gasteiger partial charge in [0, 0.05) is 32.7 Å². The second kappa shape index (κ2) is 12.1. The van der Waals surface area contributed by atoms with Gasteiger partial charge in [-0.05, 0) is 139 Å². The molecule has 1 aromatic rings. The van der Waals surface area contributed by atoms with Gasteiger partial charge in [-0.2, -0.15) is 0 Å². The third-order valence-electron chi connectivity index (χ3n) is 16.6. The van der Waals surface area contributed by atoms with E-state index in [0.29, 0.717) is 47.6 Å². The Labute approximate surface area is 295 Å². The number of carbonyl (C=O) groups is 2. The Kier molecular flexibility index (Phi) is 8.62. The lowest BCUT2D eigenvalue weighted by Crippen LogP contribution is -2.66.